The molecule has 0 spiro atoms. The molecule has 0 unspecified atom stereocenters. The van der Waals surface area contributed by atoms with Gasteiger partial charge in [-0.05, 0) is 134 Å². The number of hydrogen-bond donors (Lipinski definition) is 3. The van der Waals surface area contributed by atoms with Gasteiger partial charge in [0.2, 0.25) is 0 Å². The van der Waals surface area contributed by atoms with E-state index in [1.807, 2.05) is 54.6 Å². The van der Waals surface area contributed by atoms with E-state index < -0.39 is 22.6 Å². The highest BCUT2D eigenvalue weighted by molar-refractivity contribution is 7.99. The molecule has 5 aromatic carbocycles. The number of piperazine rings is 1. The summed E-state index contributed by atoms with van der Waals surface area (Å²) in [6.45, 7) is 9.65. The van der Waals surface area contributed by atoms with E-state index in [0.717, 1.165) is 85.0 Å². The van der Waals surface area contributed by atoms with Crippen LogP contribution in [0.3, 0.4) is 0 Å². The molecular weight excluding hydrogens is 913 g/mol. The van der Waals surface area contributed by atoms with Crippen molar-refractivity contribution in [2.75, 3.05) is 71.4 Å². The first-order valence-electron chi connectivity index (χ1n) is 22.8. The Labute approximate surface area is 402 Å². The molecule has 2 saturated heterocycles. The Morgan fingerprint density at radius 1 is 0.791 bits per heavy atom. The maximum Gasteiger partial charge on any atom is 0.393 e. The van der Waals surface area contributed by atoms with Crippen molar-refractivity contribution in [1.82, 2.24) is 9.47 Å². The molecule has 1 aromatic heterocycles. The number of piperidine rings is 1. The van der Waals surface area contributed by atoms with Gasteiger partial charge in [0, 0.05) is 109 Å². The van der Waals surface area contributed by atoms with Crippen LogP contribution in [0.25, 0.3) is 22.4 Å². The molecule has 1 atom stereocenters. The molecule has 0 radical (unpaired) electrons. The van der Waals surface area contributed by atoms with Crippen LogP contribution in [-0.4, -0.2) is 92.9 Å². The fourth-order valence-corrected chi connectivity index (χ4v) is 11.4. The molecule has 2 fully saturated rings. The van der Waals surface area contributed by atoms with Crippen molar-refractivity contribution in [3.8, 4) is 22.4 Å². The summed E-state index contributed by atoms with van der Waals surface area (Å²) < 4.78 is 74.6. The van der Waals surface area contributed by atoms with Crippen LogP contribution in [0.2, 0.25) is 5.02 Å². The van der Waals surface area contributed by atoms with Gasteiger partial charge in [-0.3, -0.25) is 4.72 Å². The summed E-state index contributed by atoms with van der Waals surface area (Å²) in [6.07, 6.45) is -4.11. The van der Waals surface area contributed by atoms with Gasteiger partial charge in [-0.1, -0.05) is 54.1 Å². The molecule has 15 heteroatoms. The molecule has 3 N–H and O–H groups in total. The lowest BCUT2D eigenvalue weighted by Crippen LogP contribution is -2.46. The zero-order valence-corrected chi connectivity index (χ0v) is 40.5. The molecule has 3 heterocycles. The fourth-order valence-electron chi connectivity index (χ4n) is 9.13. The first kappa shape index (κ1) is 48.3. The molecule has 354 valence electrons. The lowest BCUT2D eigenvalue weighted by Gasteiger charge is -2.37. The van der Waals surface area contributed by atoms with Crippen LogP contribution in [0.1, 0.15) is 36.1 Å². The van der Waals surface area contributed by atoms with E-state index in [-0.39, 0.29) is 28.3 Å². The molecule has 0 bridgehead atoms. The molecule has 2 aliphatic rings. The molecule has 8 rings (SSSR count). The summed E-state index contributed by atoms with van der Waals surface area (Å²) in [5, 5.41) is 14.0. The van der Waals surface area contributed by atoms with Gasteiger partial charge in [0.15, 0.2) is 0 Å². The van der Waals surface area contributed by atoms with E-state index in [1.165, 1.54) is 29.0 Å². The predicted molar refractivity (Wildman–Crippen MR) is 270 cm³/mol. The molecule has 0 saturated carbocycles. The molecular formula is C52H58ClF3N6O3S2. The number of aliphatic hydroxyl groups is 1. The normalized spacial score (nSPS) is 15.8. The van der Waals surface area contributed by atoms with Gasteiger partial charge in [-0.15, -0.1) is 11.8 Å². The van der Waals surface area contributed by atoms with Gasteiger partial charge in [-0.25, -0.2) is 8.42 Å². The van der Waals surface area contributed by atoms with Crippen LogP contribution in [0, 0.1) is 13.8 Å². The minimum absolute atomic E-state index is 0.139. The molecule has 67 heavy (non-hydrogen) atoms. The van der Waals surface area contributed by atoms with Crippen molar-refractivity contribution in [2.45, 2.75) is 67.6 Å². The van der Waals surface area contributed by atoms with Gasteiger partial charge in [0.1, 0.15) is 0 Å². The predicted octanol–water partition coefficient (Wildman–Crippen LogP) is 11.3. The molecule has 6 aromatic rings. The number of thioether (sulfide) groups is 1. The Kier molecular flexibility index (Phi) is 15.2. The minimum atomic E-state index is -4.57. The minimum Gasteiger partial charge on any atom is -0.393 e. The number of anilines is 4. The largest absolute Gasteiger partial charge is 0.393 e. The van der Waals surface area contributed by atoms with Crippen LogP contribution in [0.5, 0.6) is 0 Å². The van der Waals surface area contributed by atoms with Crippen LogP contribution in [-0.2, 0) is 23.5 Å². The highest BCUT2D eigenvalue weighted by atomic mass is 35.5. The summed E-state index contributed by atoms with van der Waals surface area (Å²) in [4.78, 5) is 7.72. The number of aliphatic hydroxyl groups excluding tert-OH is 1. The highest BCUT2D eigenvalue weighted by Gasteiger charge is 2.31. The van der Waals surface area contributed by atoms with Crippen molar-refractivity contribution in [3.63, 3.8) is 0 Å². The van der Waals surface area contributed by atoms with E-state index in [9.17, 15) is 26.7 Å². The van der Waals surface area contributed by atoms with Crippen LogP contribution < -0.4 is 19.8 Å². The maximum absolute atomic E-state index is 14.1. The Bertz CT molecular complexity index is 2720. The molecule has 0 amide bonds. The zero-order chi connectivity index (χ0) is 47.3. The van der Waals surface area contributed by atoms with Crippen molar-refractivity contribution in [1.29, 1.82) is 0 Å². The smallest absolute Gasteiger partial charge is 0.393 e. The van der Waals surface area contributed by atoms with E-state index in [0.29, 0.717) is 35.7 Å². The van der Waals surface area contributed by atoms with Crippen LogP contribution in [0.4, 0.5) is 35.9 Å². The number of likely N-dealkylation sites (tertiary alicyclic amines) is 1. The number of halogens is 4. The van der Waals surface area contributed by atoms with Crippen molar-refractivity contribution >= 4 is 56.1 Å². The Balaban J connectivity index is 0.922. The van der Waals surface area contributed by atoms with E-state index in [4.69, 9.17) is 11.6 Å². The second kappa shape index (κ2) is 21.0. The van der Waals surface area contributed by atoms with Gasteiger partial charge in [0.05, 0.1) is 23.1 Å². The number of alkyl halides is 3. The number of rotatable bonds is 16. The molecule has 2 aliphatic heterocycles. The second-order valence-electron chi connectivity index (χ2n) is 17.6. The summed E-state index contributed by atoms with van der Waals surface area (Å²) >= 11 is 7.86. The number of benzene rings is 5. The van der Waals surface area contributed by atoms with E-state index in [1.54, 1.807) is 23.9 Å². The van der Waals surface area contributed by atoms with E-state index in [2.05, 4.69) is 86.6 Å². The third-order valence-corrected chi connectivity index (χ3v) is 15.9. The van der Waals surface area contributed by atoms with Crippen molar-refractivity contribution in [3.05, 3.63) is 143 Å². The SMILES string of the molecule is Cc1c(-c2cccc(N3CCN(c4ccc(NS(=O)(=O)c5ccc(N[C@H](CCN6CCC(O)CC6)CSc6ccccc6)c(CC(F)(F)F)c5)cc4)CC3)c2)c(-c2ccc(Cl)cc2)n(C)c1C. The standard InChI is InChI=1S/C52H58ClF3N6O3S2/c1-36-37(2)59(3)51(38-12-14-41(53)15-13-38)50(36)39-8-7-9-45(32-39)62-30-28-61(29-31-62)44-18-16-42(17-19-44)58-67(64,65)48-20-21-49(40(33-48)34-52(54,55)56)57-43(35-66-47-10-5-4-6-11-47)22-25-60-26-23-46(63)24-27-60/h4-21,32-33,43,46,57-58,63H,22-31,34-35H2,1-3H3/t43-/m1/s1. The number of aromatic nitrogens is 1. The van der Waals surface area contributed by atoms with Crippen LogP contribution >= 0.6 is 23.4 Å². The lowest BCUT2D eigenvalue weighted by atomic mass is 9.97. The Morgan fingerprint density at radius 3 is 2.13 bits per heavy atom. The van der Waals surface area contributed by atoms with Gasteiger partial charge >= 0.3 is 6.18 Å². The van der Waals surface area contributed by atoms with Gasteiger partial charge in [0.25, 0.3) is 10.0 Å². The average Bonchev–Trinajstić information content (AvgIpc) is 3.54. The Morgan fingerprint density at radius 2 is 1.46 bits per heavy atom. The molecule has 9 nitrogen and oxygen atoms in total. The lowest BCUT2D eigenvalue weighted by molar-refractivity contribution is -0.127. The van der Waals surface area contributed by atoms with Gasteiger partial charge < -0.3 is 29.7 Å². The topological polar surface area (TPSA) is 93.1 Å². The van der Waals surface area contributed by atoms with Crippen molar-refractivity contribution in [2.24, 2.45) is 7.05 Å². The summed E-state index contributed by atoms with van der Waals surface area (Å²) in [5.74, 6) is 0.592. The number of nitrogens with zero attached hydrogens (tertiary/aromatic N) is 4. The fraction of sp³-hybridized carbons (Fsp3) is 0.346. The third kappa shape index (κ3) is 12.1. The quantitative estimate of drug-likeness (QED) is 0.0826. The summed E-state index contributed by atoms with van der Waals surface area (Å²) in [6, 6.07) is 37.4. The van der Waals surface area contributed by atoms with E-state index >= 15 is 0 Å². The number of sulfonamides is 1. The number of nitrogens with one attached hydrogen (secondary N) is 2. The third-order valence-electron chi connectivity index (χ3n) is 13.1. The summed E-state index contributed by atoms with van der Waals surface area (Å²) in [5.41, 5.74) is 9.56. The monoisotopic (exact) mass is 970 g/mol. The molecule has 0 aliphatic carbocycles. The summed E-state index contributed by atoms with van der Waals surface area (Å²) in [7, 11) is -2.14. The first-order valence-corrected chi connectivity index (χ1v) is 25.6. The first-order chi connectivity index (χ1) is 32.1. The Hall–Kier alpha value is -5.12. The van der Waals surface area contributed by atoms with Crippen LogP contribution in [0.15, 0.2) is 131 Å². The zero-order valence-electron chi connectivity index (χ0n) is 38.1. The maximum atomic E-state index is 14.1. The number of hydrogen-bond acceptors (Lipinski definition) is 8. The van der Waals surface area contributed by atoms with Crippen molar-refractivity contribution < 1.29 is 26.7 Å². The second-order valence-corrected chi connectivity index (χ2v) is 20.8. The average molecular weight is 972 g/mol. The highest BCUT2D eigenvalue weighted by Crippen LogP contribution is 2.40. The van der Waals surface area contributed by atoms with Gasteiger partial charge in [-0.2, -0.15) is 13.2 Å².